The first-order valence-electron chi connectivity index (χ1n) is 7.48. The van der Waals surface area contributed by atoms with E-state index in [0.29, 0.717) is 6.54 Å². The molecule has 1 heterocycles. The van der Waals surface area contributed by atoms with E-state index >= 15 is 0 Å². The summed E-state index contributed by atoms with van der Waals surface area (Å²) in [5.74, 6) is 0.831. The minimum absolute atomic E-state index is 0.0405. The summed E-state index contributed by atoms with van der Waals surface area (Å²) in [6.45, 7) is 2.30. The Balaban J connectivity index is 1.48. The van der Waals surface area contributed by atoms with Gasteiger partial charge in [0.15, 0.2) is 0 Å². The van der Waals surface area contributed by atoms with Gasteiger partial charge in [-0.1, -0.05) is 32.1 Å². The topological polar surface area (TPSA) is 50.4 Å². The Kier molecular flexibility index (Phi) is 5.78. The Labute approximate surface area is 110 Å². The van der Waals surface area contributed by atoms with Gasteiger partial charge in [0.1, 0.15) is 0 Å². The molecule has 0 spiro atoms. The van der Waals surface area contributed by atoms with Crippen molar-refractivity contribution in [2.75, 3.05) is 19.7 Å². The van der Waals surface area contributed by atoms with Gasteiger partial charge < -0.3 is 15.4 Å². The highest BCUT2D eigenvalue weighted by Gasteiger charge is 2.16. The Morgan fingerprint density at radius 3 is 2.61 bits per heavy atom. The number of amides is 2. The molecule has 0 aromatic heterocycles. The van der Waals surface area contributed by atoms with Crippen molar-refractivity contribution in [3.05, 3.63) is 0 Å². The second kappa shape index (κ2) is 7.62. The summed E-state index contributed by atoms with van der Waals surface area (Å²) >= 11 is 0. The maximum absolute atomic E-state index is 11.6. The van der Waals surface area contributed by atoms with Crippen LogP contribution in [-0.4, -0.2) is 31.8 Å². The van der Waals surface area contributed by atoms with Gasteiger partial charge in [-0.25, -0.2) is 4.79 Å². The van der Waals surface area contributed by atoms with Crippen molar-refractivity contribution in [1.29, 1.82) is 0 Å². The summed E-state index contributed by atoms with van der Waals surface area (Å²) in [5.41, 5.74) is 0. The third-order valence-corrected chi connectivity index (χ3v) is 4.08. The second-order valence-corrected chi connectivity index (χ2v) is 5.56. The van der Waals surface area contributed by atoms with E-state index in [0.717, 1.165) is 38.3 Å². The zero-order chi connectivity index (χ0) is 12.6. The summed E-state index contributed by atoms with van der Waals surface area (Å²) in [6.07, 6.45) is 10.4. The smallest absolute Gasteiger partial charge is 0.314 e. The molecule has 1 unspecified atom stereocenters. The molecule has 1 aliphatic carbocycles. The fourth-order valence-corrected chi connectivity index (χ4v) is 2.94. The summed E-state index contributed by atoms with van der Waals surface area (Å²) in [5, 5.41) is 5.84. The van der Waals surface area contributed by atoms with E-state index in [1.165, 1.54) is 32.1 Å². The quantitative estimate of drug-likeness (QED) is 0.791. The van der Waals surface area contributed by atoms with E-state index in [1.54, 1.807) is 0 Å². The number of rotatable bonds is 5. The van der Waals surface area contributed by atoms with E-state index in [2.05, 4.69) is 10.6 Å². The summed E-state index contributed by atoms with van der Waals surface area (Å²) < 4.78 is 5.46. The van der Waals surface area contributed by atoms with Gasteiger partial charge >= 0.3 is 6.03 Å². The Morgan fingerprint density at radius 2 is 1.89 bits per heavy atom. The fraction of sp³-hybridized carbons (Fsp3) is 0.929. The van der Waals surface area contributed by atoms with Crippen LogP contribution in [0, 0.1) is 5.92 Å². The van der Waals surface area contributed by atoms with Gasteiger partial charge in [0.25, 0.3) is 0 Å². The van der Waals surface area contributed by atoms with Crippen LogP contribution in [0.5, 0.6) is 0 Å². The Hall–Kier alpha value is -0.770. The Bertz CT molecular complexity index is 246. The van der Waals surface area contributed by atoms with E-state index in [-0.39, 0.29) is 12.1 Å². The molecule has 2 N–H and O–H groups in total. The van der Waals surface area contributed by atoms with Gasteiger partial charge in [-0.05, 0) is 25.2 Å². The predicted octanol–water partition coefficient (Wildman–Crippen LogP) is 2.44. The number of nitrogens with one attached hydrogen (secondary N) is 2. The van der Waals surface area contributed by atoms with Crippen molar-refractivity contribution in [3.8, 4) is 0 Å². The number of urea groups is 1. The summed E-state index contributed by atoms with van der Waals surface area (Å²) in [7, 11) is 0. The highest BCUT2D eigenvalue weighted by atomic mass is 16.5. The van der Waals surface area contributed by atoms with E-state index < -0.39 is 0 Å². The SMILES string of the molecule is O=C(NCCC1CCCCC1)NCC1CCCO1. The second-order valence-electron chi connectivity index (χ2n) is 5.56. The van der Waals surface area contributed by atoms with Gasteiger partial charge in [0, 0.05) is 19.7 Å². The molecule has 1 atom stereocenters. The van der Waals surface area contributed by atoms with Crippen LogP contribution in [0.25, 0.3) is 0 Å². The van der Waals surface area contributed by atoms with Gasteiger partial charge in [0.05, 0.1) is 6.10 Å². The van der Waals surface area contributed by atoms with E-state index in [9.17, 15) is 4.79 Å². The lowest BCUT2D eigenvalue weighted by atomic mass is 9.87. The molecule has 2 aliphatic rings. The molecule has 1 saturated carbocycles. The minimum atomic E-state index is -0.0405. The lowest BCUT2D eigenvalue weighted by Crippen LogP contribution is -2.40. The molecule has 0 bridgehead atoms. The van der Waals surface area contributed by atoms with Crippen molar-refractivity contribution < 1.29 is 9.53 Å². The molecule has 18 heavy (non-hydrogen) atoms. The van der Waals surface area contributed by atoms with Crippen molar-refractivity contribution in [3.63, 3.8) is 0 Å². The molecule has 4 heteroatoms. The molecule has 1 aliphatic heterocycles. The van der Waals surface area contributed by atoms with Crippen LogP contribution in [0.15, 0.2) is 0 Å². The standard InChI is InChI=1S/C14H26N2O2/c17-14(16-11-13-7-4-10-18-13)15-9-8-12-5-2-1-3-6-12/h12-13H,1-11H2,(H2,15,16,17). The van der Waals surface area contributed by atoms with Gasteiger partial charge in [-0.2, -0.15) is 0 Å². The maximum atomic E-state index is 11.6. The van der Waals surface area contributed by atoms with Crippen LogP contribution in [0.4, 0.5) is 4.79 Å². The van der Waals surface area contributed by atoms with Crippen molar-refractivity contribution in [2.45, 2.75) is 57.5 Å². The summed E-state index contributed by atoms with van der Waals surface area (Å²) in [6, 6.07) is -0.0405. The fourth-order valence-electron chi connectivity index (χ4n) is 2.94. The number of hydrogen-bond acceptors (Lipinski definition) is 2. The van der Waals surface area contributed by atoms with Crippen LogP contribution in [0.2, 0.25) is 0 Å². The number of ether oxygens (including phenoxy) is 1. The molecule has 0 radical (unpaired) electrons. The molecule has 1 saturated heterocycles. The molecule has 2 amide bonds. The predicted molar refractivity (Wildman–Crippen MR) is 71.6 cm³/mol. The van der Waals surface area contributed by atoms with E-state index in [4.69, 9.17) is 4.74 Å². The van der Waals surface area contributed by atoms with Crippen LogP contribution in [0.1, 0.15) is 51.4 Å². The third kappa shape index (κ3) is 4.84. The van der Waals surface area contributed by atoms with Gasteiger partial charge in [-0.3, -0.25) is 0 Å². The molecule has 0 aromatic carbocycles. The number of carbonyl (C=O) groups is 1. The summed E-state index contributed by atoms with van der Waals surface area (Å²) in [4.78, 5) is 11.6. The Morgan fingerprint density at radius 1 is 1.06 bits per heavy atom. The van der Waals surface area contributed by atoms with Crippen LogP contribution >= 0.6 is 0 Å². The van der Waals surface area contributed by atoms with Crippen LogP contribution in [0.3, 0.4) is 0 Å². The van der Waals surface area contributed by atoms with E-state index in [1.807, 2.05) is 0 Å². The lowest BCUT2D eigenvalue weighted by Gasteiger charge is -2.21. The zero-order valence-electron chi connectivity index (χ0n) is 11.2. The normalized spacial score (nSPS) is 25.0. The first kappa shape index (κ1) is 13.7. The van der Waals surface area contributed by atoms with Crippen molar-refractivity contribution >= 4 is 6.03 Å². The number of carbonyl (C=O) groups excluding carboxylic acids is 1. The molecular weight excluding hydrogens is 228 g/mol. The lowest BCUT2D eigenvalue weighted by molar-refractivity contribution is 0.111. The molecular formula is C14H26N2O2. The van der Waals surface area contributed by atoms with Crippen molar-refractivity contribution in [2.24, 2.45) is 5.92 Å². The highest BCUT2D eigenvalue weighted by Crippen LogP contribution is 2.25. The average molecular weight is 254 g/mol. The minimum Gasteiger partial charge on any atom is -0.376 e. The molecule has 2 rings (SSSR count). The van der Waals surface area contributed by atoms with Gasteiger partial charge in [-0.15, -0.1) is 0 Å². The highest BCUT2D eigenvalue weighted by molar-refractivity contribution is 5.73. The molecule has 2 fully saturated rings. The maximum Gasteiger partial charge on any atom is 0.314 e. The molecule has 104 valence electrons. The van der Waals surface area contributed by atoms with Crippen molar-refractivity contribution in [1.82, 2.24) is 10.6 Å². The van der Waals surface area contributed by atoms with Crippen LogP contribution in [-0.2, 0) is 4.74 Å². The monoisotopic (exact) mass is 254 g/mol. The van der Waals surface area contributed by atoms with Crippen LogP contribution < -0.4 is 10.6 Å². The molecule has 0 aromatic rings. The largest absolute Gasteiger partial charge is 0.376 e. The third-order valence-electron chi connectivity index (χ3n) is 4.08. The first-order valence-corrected chi connectivity index (χ1v) is 7.48. The first-order chi connectivity index (χ1) is 8.84. The number of hydrogen-bond donors (Lipinski definition) is 2. The zero-order valence-corrected chi connectivity index (χ0v) is 11.2. The van der Waals surface area contributed by atoms with Gasteiger partial charge in [0.2, 0.25) is 0 Å². The average Bonchev–Trinajstić information content (AvgIpc) is 2.91. The molecule has 4 nitrogen and oxygen atoms in total.